The molecule has 2 atom stereocenters. The van der Waals surface area contributed by atoms with Gasteiger partial charge in [0.1, 0.15) is 11.9 Å². The van der Waals surface area contributed by atoms with Crippen molar-refractivity contribution in [3.8, 4) is 5.75 Å². The third-order valence-electron chi connectivity index (χ3n) is 6.26. The molecule has 1 N–H and O–H groups in total. The molecule has 1 aliphatic carbocycles. The summed E-state index contributed by atoms with van der Waals surface area (Å²) in [4.78, 5) is 15.1. The Morgan fingerprint density at radius 3 is 2.93 bits per heavy atom. The number of rotatable bonds is 5. The molecule has 146 valence electrons. The number of fused-ring (bicyclic) bond motifs is 2. The highest BCUT2D eigenvalue weighted by Gasteiger charge is 2.52. The lowest BCUT2D eigenvalue weighted by Gasteiger charge is -2.35. The Labute approximate surface area is 165 Å². The topological polar surface area (TPSA) is 50.8 Å². The maximum absolute atomic E-state index is 12.6. The number of amides is 1. The third-order valence-corrected chi connectivity index (χ3v) is 6.26. The number of ether oxygens (including phenoxy) is 2. The van der Waals surface area contributed by atoms with Crippen molar-refractivity contribution < 1.29 is 14.3 Å². The molecule has 2 aromatic carbocycles. The van der Waals surface area contributed by atoms with E-state index in [0.717, 1.165) is 31.7 Å². The predicted octanol–water partition coefficient (Wildman–Crippen LogP) is 2.97. The molecule has 1 saturated heterocycles. The predicted molar refractivity (Wildman–Crippen MR) is 106 cm³/mol. The van der Waals surface area contributed by atoms with Gasteiger partial charge in [-0.25, -0.2) is 0 Å². The first-order chi connectivity index (χ1) is 13.7. The first-order valence-corrected chi connectivity index (χ1v) is 10.1. The van der Waals surface area contributed by atoms with Gasteiger partial charge in [0, 0.05) is 25.6 Å². The summed E-state index contributed by atoms with van der Waals surface area (Å²) in [6.45, 7) is 2.22. The minimum Gasteiger partial charge on any atom is -0.497 e. The highest BCUT2D eigenvalue weighted by Crippen LogP contribution is 2.47. The summed E-state index contributed by atoms with van der Waals surface area (Å²) >= 11 is 0. The molecule has 2 aliphatic heterocycles. The number of hydrogen-bond donors (Lipinski definition) is 1. The molecular weight excluding hydrogens is 352 g/mol. The van der Waals surface area contributed by atoms with Gasteiger partial charge in [0.15, 0.2) is 0 Å². The SMILES string of the molecule is COc1cccc(CN2Cc3ccccc3C23COC(C(=O)NC2CC2)C3)c1. The molecule has 2 unspecified atom stereocenters. The number of nitrogens with one attached hydrogen (secondary N) is 1. The van der Waals surface area contributed by atoms with E-state index in [1.807, 2.05) is 12.1 Å². The lowest BCUT2D eigenvalue weighted by molar-refractivity contribution is -0.130. The smallest absolute Gasteiger partial charge is 0.249 e. The molecule has 1 saturated carbocycles. The lowest BCUT2D eigenvalue weighted by atomic mass is 9.86. The summed E-state index contributed by atoms with van der Waals surface area (Å²) in [5, 5.41) is 3.11. The van der Waals surface area contributed by atoms with Gasteiger partial charge in [0.05, 0.1) is 19.3 Å². The summed E-state index contributed by atoms with van der Waals surface area (Å²) in [5.41, 5.74) is 3.60. The van der Waals surface area contributed by atoms with Gasteiger partial charge < -0.3 is 14.8 Å². The van der Waals surface area contributed by atoms with Crippen molar-refractivity contribution >= 4 is 5.91 Å². The first-order valence-electron chi connectivity index (χ1n) is 10.1. The zero-order valence-electron chi connectivity index (χ0n) is 16.2. The number of carbonyl (C=O) groups excluding carboxylic acids is 1. The largest absolute Gasteiger partial charge is 0.497 e. The average molecular weight is 378 g/mol. The summed E-state index contributed by atoms with van der Waals surface area (Å²) in [7, 11) is 1.69. The minimum atomic E-state index is -0.375. The van der Waals surface area contributed by atoms with Crippen LogP contribution in [0.1, 0.15) is 36.0 Å². The van der Waals surface area contributed by atoms with Crippen LogP contribution in [0.25, 0.3) is 0 Å². The molecule has 1 amide bonds. The van der Waals surface area contributed by atoms with Gasteiger partial charge in [-0.1, -0.05) is 36.4 Å². The Morgan fingerprint density at radius 1 is 1.25 bits per heavy atom. The molecular formula is C23H26N2O3. The second kappa shape index (κ2) is 6.90. The fourth-order valence-electron chi connectivity index (χ4n) is 4.60. The van der Waals surface area contributed by atoms with Crippen LogP contribution < -0.4 is 10.1 Å². The fourth-order valence-corrected chi connectivity index (χ4v) is 4.60. The van der Waals surface area contributed by atoms with Gasteiger partial charge in [0.25, 0.3) is 0 Å². The van der Waals surface area contributed by atoms with E-state index in [1.54, 1.807) is 7.11 Å². The van der Waals surface area contributed by atoms with Crippen molar-refractivity contribution in [3.63, 3.8) is 0 Å². The van der Waals surface area contributed by atoms with Crippen LogP contribution in [0, 0.1) is 0 Å². The van der Waals surface area contributed by atoms with Crippen molar-refractivity contribution in [3.05, 3.63) is 65.2 Å². The molecule has 2 aromatic rings. The van der Waals surface area contributed by atoms with E-state index in [9.17, 15) is 4.79 Å². The molecule has 3 aliphatic rings. The summed E-state index contributed by atoms with van der Waals surface area (Å²) in [5.74, 6) is 0.915. The zero-order chi connectivity index (χ0) is 19.1. The van der Waals surface area contributed by atoms with Crippen LogP contribution in [0.5, 0.6) is 5.75 Å². The molecule has 5 rings (SSSR count). The summed E-state index contributed by atoms with van der Waals surface area (Å²) < 4.78 is 11.5. The molecule has 1 spiro atoms. The molecule has 5 heteroatoms. The normalized spacial score (nSPS) is 26.4. The van der Waals surface area contributed by atoms with Crippen LogP contribution in [0.3, 0.4) is 0 Å². The molecule has 2 fully saturated rings. The van der Waals surface area contributed by atoms with Gasteiger partial charge in [-0.3, -0.25) is 9.69 Å². The van der Waals surface area contributed by atoms with E-state index < -0.39 is 0 Å². The van der Waals surface area contributed by atoms with Gasteiger partial charge in [-0.15, -0.1) is 0 Å². The molecule has 5 nitrogen and oxygen atoms in total. The second-order valence-corrected chi connectivity index (χ2v) is 8.18. The Bertz CT molecular complexity index is 895. The molecule has 2 heterocycles. The van der Waals surface area contributed by atoms with E-state index in [-0.39, 0.29) is 17.6 Å². The van der Waals surface area contributed by atoms with E-state index in [4.69, 9.17) is 9.47 Å². The first kappa shape index (κ1) is 17.7. The molecule has 0 bridgehead atoms. The van der Waals surface area contributed by atoms with Gasteiger partial charge in [-0.05, 0) is 41.7 Å². The Balaban J connectivity index is 1.43. The van der Waals surface area contributed by atoms with Crippen LogP contribution >= 0.6 is 0 Å². The van der Waals surface area contributed by atoms with Crippen LogP contribution in [0.15, 0.2) is 48.5 Å². The van der Waals surface area contributed by atoms with Crippen LogP contribution in [-0.2, 0) is 28.2 Å². The maximum Gasteiger partial charge on any atom is 0.249 e. The van der Waals surface area contributed by atoms with Crippen LogP contribution in [0.4, 0.5) is 0 Å². The minimum absolute atomic E-state index is 0.0464. The Hall–Kier alpha value is -2.37. The number of methoxy groups -OCH3 is 1. The summed E-state index contributed by atoms with van der Waals surface area (Å²) in [6.07, 6.45) is 2.51. The van der Waals surface area contributed by atoms with Gasteiger partial charge >= 0.3 is 0 Å². The van der Waals surface area contributed by atoms with Gasteiger partial charge in [0.2, 0.25) is 5.91 Å². The van der Waals surface area contributed by atoms with Gasteiger partial charge in [-0.2, -0.15) is 0 Å². The fraction of sp³-hybridized carbons (Fsp3) is 0.435. The number of carbonyl (C=O) groups is 1. The standard InChI is InChI=1S/C23H26N2O3/c1-27-19-7-4-5-16(11-19)13-25-14-17-6-2-3-8-20(17)23(25)12-21(28-15-23)22(26)24-18-9-10-18/h2-8,11,18,21H,9-10,12-15H2,1H3,(H,24,26). The van der Waals surface area contributed by atoms with E-state index >= 15 is 0 Å². The van der Waals surface area contributed by atoms with Crippen molar-refractivity contribution in [2.75, 3.05) is 13.7 Å². The van der Waals surface area contributed by atoms with Crippen molar-refractivity contribution in [2.24, 2.45) is 0 Å². The Kier molecular flexibility index (Phi) is 4.37. The average Bonchev–Trinajstić information content (AvgIpc) is 3.34. The van der Waals surface area contributed by atoms with E-state index in [0.29, 0.717) is 19.1 Å². The van der Waals surface area contributed by atoms with E-state index in [1.165, 1.54) is 16.7 Å². The monoisotopic (exact) mass is 378 g/mol. The zero-order valence-corrected chi connectivity index (χ0v) is 16.2. The molecule has 28 heavy (non-hydrogen) atoms. The quantitative estimate of drug-likeness (QED) is 0.869. The van der Waals surface area contributed by atoms with Crippen molar-refractivity contribution in [1.29, 1.82) is 0 Å². The third kappa shape index (κ3) is 3.09. The van der Waals surface area contributed by atoms with Crippen LogP contribution in [0.2, 0.25) is 0 Å². The molecule has 0 radical (unpaired) electrons. The Morgan fingerprint density at radius 2 is 2.11 bits per heavy atom. The van der Waals surface area contributed by atoms with Crippen molar-refractivity contribution in [2.45, 2.75) is 50.0 Å². The highest BCUT2D eigenvalue weighted by molar-refractivity contribution is 5.82. The number of nitrogens with zero attached hydrogens (tertiary/aromatic N) is 1. The van der Waals surface area contributed by atoms with Crippen LogP contribution in [-0.4, -0.2) is 36.7 Å². The van der Waals surface area contributed by atoms with Crippen molar-refractivity contribution in [1.82, 2.24) is 10.2 Å². The summed E-state index contributed by atoms with van der Waals surface area (Å²) in [6, 6.07) is 17.1. The molecule has 0 aromatic heterocycles. The number of hydrogen-bond acceptors (Lipinski definition) is 4. The van der Waals surface area contributed by atoms with E-state index in [2.05, 4.69) is 46.6 Å². The lowest BCUT2D eigenvalue weighted by Crippen LogP contribution is -2.42. The number of benzene rings is 2. The highest BCUT2D eigenvalue weighted by atomic mass is 16.5. The second-order valence-electron chi connectivity index (χ2n) is 8.18. The maximum atomic E-state index is 12.6.